The van der Waals surface area contributed by atoms with Crippen molar-refractivity contribution < 1.29 is 19.0 Å². The Kier molecular flexibility index (Phi) is 7.57. The molecule has 8 heteroatoms. The van der Waals surface area contributed by atoms with E-state index in [-0.39, 0.29) is 5.91 Å². The molecule has 1 fully saturated rings. The first-order chi connectivity index (χ1) is 14.0. The number of hydrogen-bond acceptors (Lipinski definition) is 6. The van der Waals surface area contributed by atoms with Crippen LogP contribution >= 0.6 is 39.9 Å². The summed E-state index contributed by atoms with van der Waals surface area (Å²) in [6.45, 7) is 3.17. The fraction of sp³-hybridized carbons (Fsp3) is 0.238. The van der Waals surface area contributed by atoms with E-state index in [0.29, 0.717) is 40.5 Å². The average molecular weight is 494 g/mol. The van der Waals surface area contributed by atoms with E-state index in [1.807, 2.05) is 49.4 Å². The Morgan fingerprint density at radius 3 is 2.52 bits per heavy atom. The molecule has 1 amide bonds. The standard InChI is InChI=1S/C21H20BrNO4S2/c1-3-25-17-12-14(13-18-20(24)23(2)21(28)29-18)11-16(22)19(17)27-10-9-26-15-7-5-4-6-8-15/h4-8,11-13H,3,9-10H2,1-2H3/b18-13+. The van der Waals surface area contributed by atoms with Crippen LogP contribution in [0, 0.1) is 0 Å². The van der Waals surface area contributed by atoms with Gasteiger partial charge in [-0.1, -0.05) is 42.2 Å². The molecule has 2 aromatic rings. The van der Waals surface area contributed by atoms with E-state index in [1.165, 1.54) is 16.7 Å². The number of rotatable bonds is 8. The number of nitrogens with zero attached hydrogens (tertiary/aromatic N) is 1. The second-order valence-electron chi connectivity index (χ2n) is 6.01. The molecule has 2 aromatic carbocycles. The zero-order valence-electron chi connectivity index (χ0n) is 16.0. The van der Waals surface area contributed by atoms with Crippen molar-refractivity contribution in [3.63, 3.8) is 0 Å². The van der Waals surface area contributed by atoms with Gasteiger partial charge >= 0.3 is 0 Å². The van der Waals surface area contributed by atoms with Crippen LogP contribution in [0.4, 0.5) is 0 Å². The van der Waals surface area contributed by atoms with Crippen LogP contribution in [-0.4, -0.2) is 42.0 Å². The summed E-state index contributed by atoms with van der Waals surface area (Å²) >= 11 is 10.0. The fourth-order valence-corrected chi connectivity index (χ4v) is 4.34. The smallest absolute Gasteiger partial charge is 0.265 e. The molecule has 0 bridgehead atoms. The van der Waals surface area contributed by atoms with E-state index in [4.69, 9.17) is 26.4 Å². The Morgan fingerprint density at radius 1 is 1.14 bits per heavy atom. The van der Waals surface area contributed by atoms with Crippen LogP contribution in [0.25, 0.3) is 6.08 Å². The highest BCUT2D eigenvalue weighted by Gasteiger charge is 2.28. The van der Waals surface area contributed by atoms with E-state index in [0.717, 1.165) is 15.8 Å². The van der Waals surface area contributed by atoms with E-state index in [2.05, 4.69) is 15.9 Å². The van der Waals surface area contributed by atoms with Gasteiger partial charge in [0.2, 0.25) is 0 Å². The van der Waals surface area contributed by atoms with Crippen molar-refractivity contribution in [2.75, 3.05) is 26.9 Å². The van der Waals surface area contributed by atoms with Crippen molar-refractivity contribution in [1.82, 2.24) is 4.90 Å². The summed E-state index contributed by atoms with van der Waals surface area (Å²) in [4.78, 5) is 14.3. The number of carbonyl (C=O) groups excluding carboxylic acids is 1. The van der Waals surface area contributed by atoms with Crippen molar-refractivity contribution in [1.29, 1.82) is 0 Å². The third kappa shape index (κ3) is 5.52. The number of carbonyl (C=O) groups is 1. The summed E-state index contributed by atoms with van der Waals surface area (Å²) in [5.41, 5.74) is 0.821. The molecule has 1 aliphatic heterocycles. The fourth-order valence-electron chi connectivity index (χ4n) is 2.59. The maximum atomic E-state index is 12.2. The predicted molar refractivity (Wildman–Crippen MR) is 124 cm³/mol. The minimum absolute atomic E-state index is 0.104. The third-order valence-corrected chi connectivity index (χ3v) is 6.03. The minimum Gasteiger partial charge on any atom is -0.490 e. The Bertz CT molecular complexity index is 934. The Hall–Kier alpha value is -2.03. The maximum Gasteiger partial charge on any atom is 0.265 e. The molecule has 0 unspecified atom stereocenters. The van der Waals surface area contributed by atoms with Crippen molar-refractivity contribution in [2.24, 2.45) is 0 Å². The summed E-state index contributed by atoms with van der Waals surface area (Å²) < 4.78 is 18.6. The lowest BCUT2D eigenvalue weighted by Crippen LogP contribution is -2.22. The number of likely N-dealkylation sites (N-methyl/N-ethyl adjacent to an activating group) is 1. The molecule has 0 radical (unpaired) electrons. The van der Waals surface area contributed by atoms with Gasteiger partial charge in [0.05, 0.1) is 16.0 Å². The molecule has 1 aliphatic rings. The summed E-state index contributed by atoms with van der Waals surface area (Å²) in [7, 11) is 1.68. The third-order valence-electron chi connectivity index (χ3n) is 3.96. The molecular formula is C21H20BrNO4S2. The molecule has 0 atom stereocenters. The van der Waals surface area contributed by atoms with E-state index in [1.54, 1.807) is 13.1 Å². The number of benzene rings is 2. The molecule has 0 aromatic heterocycles. The zero-order chi connectivity index (χ0) is 20.8. The van der Waals surface area contributed by atoms with Gasteiger partial charge in [-0.2, -0.15) is 0 Å². The van der Waals surface area contributed by atoms with Gasteiger partial charge in [-0.05, 0) is 58.8 Å². The molecule has 1 heterocycles. The van der Waals surface area contributed by atoms with Gasteiger partial charge in [0.15, 0.2) is 11.5 Å². The van der Waals surface area contributed by atoms with Crippen LogP contribution < -0.4 is 14.2 Å². The molecule has 3 rings (SSSR count). The summed E-state index contributed by atoms with van der Waals surface area (Å²) in [5.74, 6) is 1.89. The van der Waals surface area contributed by atoms with E-state index >= 15 is 0 Å². The van der Waals surface area contributed by atoms with E-state index in [9.17, 15) is 4.79 Å². The highest BCUT2D eigenvalue weighted by Crippen LogP contribution is 2.39. The zero-order valence-corrected chi connectivity index (χ0v) is 19.2. The SMILES string of the molecule is CCOc1cc(/C=C2/SC(=S)N(C)C2=O)cc(Br)c1OCCOc1ccccc1. The van der Waals surface area contributed by atoms with Gasteiger partial charge < -0.3 is 14.2 Å². The van der Waals surface area contributed by atoms with Crippen molar-refractivity contribution in [2.45, 2.75) is 6.92 Å². The molecule has 29 heavy (non-hydrogen) atoms. The molecule has 0 saturated carbocycles. The predicted octanol–water partition coefficient (Wildman–Crippen LogP) is 5.14. The minimum atomic E-state index is -0.104. The first kappa shape index (κ1) is 21.7. The summed E-state index contributed by atoms with van der Waals surface area (Å²) in [5, 5.41) is 0. The van der Waals surface area contributed by atoms with Gasteiger partial charge in [-0.25, -0.2) is 0 Å². The quantitative estimate of drug-likeness (QED) is 0.288. The number of hydrogen-bond donors (Lipinski definition) is 0. The lowest BCUT2D eigenvalue weighted by atomic mass is 10.2. The van der Waals surface area contributed by atoms with Crippen LogP contribution in [-0.2, 0) is 4.79 Å². The van der Waals surface area contributed by atoms with Crippen LogP contribution in [0.15, 0.2) is 51.8 Å². The second-order valence-corrected chi connectivity index (χ2v) is 8.54. The van der Waals surface area contributed by atoms with Crippen LogP contribution in [0.5, 0.6) is 17.2 Å². The number of thiocarbonyl (C=S) groups is 1. The molecule has 1 saturated heterocycles. The topological polar surface area (TPSA) is 48.0 Å². The highest BCUT2D eigenvalue weighted by molar-refractivity contribution is 9.10. The highest BCUT2D eigenvalue weighted by atomic mass is 79.9. The van der Waals surface area contributed by atoms with Crippen LogP contribution in [0.2, 0.25) is 0 Å². The molecule has 0 N–H and O–H groups in total. The summed E-state index contributed by atoms with van der Waals surface area (Å²) in [6.07, 6.45) is 1.80. The number of para-hydroxylation sites is 1. The lowest BCUT2D eigenvalue weighted by molar-refractivity contribution is -0.121. The average Bonchev–Trinajstić information content (AvgIpc) is 2.94. The Labute approximate surface area is 188 Å². The number of ether oxygens (including phenoxy) is 3. The first-order valence-corrected chi connectivity index (χ1v) is 11.0. The molecule has 0 aliphatic carbocycles. The normalized spacial score (nSPS) is 15.1. The van der Waals surface area contributed by atoms with Gasteiger partial charge in [-0.15, -0.1) is 0 Å². The van der Waals surface area contributed by atoms with Gasteiger partial charge in [0.25, 0.3) is 5.91 Å². The van der Waals surface area contributed by atoms with Gasteiger partial charge in [0, 0.05) is 7.05 Å². The monoisotopic (exact) mass is 493 g/mol. The van der Waals surface area contributed by atoms with Crippen molar-refractivity contribution in [3.05, 3.63) is 57.4 Å². The number of thioether (sulfide) groups is 1. The van der Waals surface area contributed by atoms with Crippen molar-refractivity contribution in [3.8, 4) is 17.2 Å². The number of halogens is 1. The second kappa shape index (κ2) is 10.1. The van der Waals surface area contributed by atoms with Crippen LogP contribution in [0.3, 0.4) is 0 Å². The largest absolute Gasteiger partial charge is 0.490 e. The van der Waals surface area contributed by atoms with Crippen LogP contribution in [0.1, 0.15) is 12.5 Å². The molecule has 0 spiro atoms. The summed E-state index contributed by atoms with van der Waals surface area (Å²) in [6, 6.07) is 13.3. The molecular weight excluding hydrogens is 474 g/mol. The first-order valence-electron chi connectivity index (χ1n) is 8.98. The molecule has 152 valence electrons. The van der Waals surface area contributed by atoms with Crippen molar-refractivity contribution >= 4 is 56.2 Å². The maximum absolute atomic E-state index is 12.2. The Balaban J connectivity index is 1.72. The van der Waals surface area contributed by atoms with E-state index < -0.39 is 0 Å². The van der Waals surface area contributed by atoms with Gasteiger partial charge in [-0.3, -0.25) is 9.69 Å². The lowest BCUT2D eigenvalue weighted by Gasteiger charge is -2.15. The Morgan fingerprint density at radius 2 is 1.86 bits per heavy atom. The van der Waals surface area contributed by atoms with Gasteiger partial charge in [0.1, 0.15) is 23.3 Å². The number of amides is 1. The molecule has 5 nitrogen and oxygen atoms in total.